The molecule has 0 heterocycles. The van der Waals surface area contributed by atoms with Gasteiger partial charge in [-0.2, -0.15) is 0 Å². The van der Waals surface area contributed by atoms with E-state index in [-0.39, 0.29) is 29.1 Å². The molecule has 0 aromatic heterocycles. The zero-order valence-electron chi connectivity index (χ0n) is 7.56. The van der Waals surface area contributed by atoms with Gasteiger partial charge in [0.05, 0.1) is 33.4 Å². The Morgan fingerprint density at radius 2 is 1.82 bits per heavy atom. The minimum Gasteiger partial charge on any atom is -1.00 e. The van der Waals surface area contributed by atoms with Crippen molar-refractivity contribution in [3.63, 3.8) is 0 Å². The predicted molar refractivity (Wildman–Crippen MR) is 46.0 cm³/mol. The number of halogens is 1. The average molecular weight is 289 g/mol. The van der Waals surface area contributed by atoms with Crippen molar-refractivity contribution >= 4 is 16.9 Å². The van der Waals surface area contributed by atoms with Crippen LogP contribution in [0, 0.1) is 0 Å². The second-order valence-corrected chi connectivity index (χ2v) is 4.63. The highest BCUT2D eigenvalue weighted by atomic mass is 127. The first-order valence-electron chi connectivity index (χ1n) is 3.35. The van der Waals surface area contributed by atoms with E-state index in [4.69, 9.17) is 0 Å². The van der Waals surface area contributed by atoms with Crippen LogP contribution in [0.4, 0.5) is 0 Å². The van der Waals surface area contributed by atoms with Crippen LogP contribution >= 0.6 is 11.8 Å². The summed E-state index contributed by atoms with van der Waals surface area (Å²) < 4.78 is 0.931. The summed E-state index contributed by atoms with van der Waals surface area (Å²) in [6.45, 7) is 2.66. The van der Waals surface area contributed by atoms with Gasteiger partial charge in [0.15, 0.2) is 5.12 Å². The van der Waals surface area contributed by atoms with Gasteiger partial charge in [0.25, 0.3) is 0 Å². The third-order valence-corrected chi connectivity index (χ3v) is 1.86. The van der Waals surface area contributed by atoms with E-state index in [0.29, 0.717) is 0 Å². The Hall–Kier alpha value is 0.710. The molecule has 11 heavy (non-hydrogen) atoms. The molecule has 2 nitrogen and oxygen atoms in total. The molecular weight excluding hydrogens is 273 g/mol. The highest BCUT2D eigenvalue weighted by Crippen LogP contribution is 2.02. The molecule has 0 atom stereocenters. The molecule has 0 unspecified atom stereocenters. The van der Waals surface area contributed by atoms with E-state index in [2.05, 4.69) is 21.1 Å². The lowest BCUT2D eigenvalue weighted by Gasteiger charge is -2.22. The molecule has 0 aromatic rings. The van der Waals surface area contributed by atoms with Gasteiger partial charge in [-0.15, -0.1) is 0 Å². The molecule has 0 bridgehead atoms. The lowest BCUT2D eigenvalue weighted by molar-refractivity contribution is -0.867. The second-order valence-electron chi connectivity index (χ2n) is 3.35. The van der Waals surface area contributed by atoms with E-state index in [1.54, 1.807) is 6.92 Å². The third kappa shape index (κ3) is 13.7. The van der Waals surface area contributed by atoms with E-state index in [9.17, 15) is 4.79 Å². The van der Waals surface area contributed by atoms with E-state index in [0.717, 1.165) is 16.8 Å². The normalized spacial score (nSPS) is 10.5. The Labute approximate surface area is 90.3 Å². The van der Waals surface area contributed by atoms with Crippen molar-refractivity contribution in [3.05, 3.63) is 0 Å². The predicted octanol–water partition coefficient (Wildman–Crippen LogP) is -2.02. The maximum Gasteiger partial charge on any atom is 0.186 e. The van der Waals surface area contributed by atoms with Gasteiger partial charge in [-0.3, -0.25) is 4.79 Å². The van der Waals surface area contributed by atoms with Gasteiger partial charge in [0.1, 0.15) is 0 Å². The average Bonchev–Trinajstić information content (AvgIpc) is 1.59. The highest BCUT2D eigenvalue weighted by molar-refractivity contribution is 8.13. The standard InChI is InChI=1S/C7H16NOS.HI/c1-7(9)10-6-5-8(2,3)4;/h5-6H2,1-4H3;1H/q+1;/p-1. The maximum atomic E-state index is 10.5. The number of carbonyl (C=O) groups excluding carboxylic acids is 1. The zero-order chi connectivity index (χ0) is 8.20. The van der Waals surface area contributed by atoms with Crippen LogP contribution in [0.5, 0.6) is 0 Å². The highest BCUT2D eigenvalue weighted by Gasteiger charge is 2.06. The van der Waals surface area contributed by atoms with Crippen LogP contribution in [0.25, 0.3) is 0 Å². The summed E-state index contributed by atoms with van der Waals surface area (Å²) in [4.78, 5) is 10.5. The number of carbonyl (C=O) groups is 1. The van der Waals surface area contributed by atoms with Crippen molar-refractivity contribution in [1.82, 2.24) is 0 Å². The van der Waals surface area contributed by atoms with Gasteiger partial charge >= 0.3 is 0 Å². The molecule has 0 N–H and O–H groups in total. The fourth-order valence-corrected chi connectivity index (χ4v) is 1.39. The minimum absolute atomic E-state index is 0. The number of hydrogen-bond donors (Lipinski definition) is 0. The first-order valence-corrected chi connectivity index (χ1v) is 4.34. The van der Waals surface area contributed by atoms with Crippen LogP contribution in [-0.4, -0.2) is 43.0 Å². The monoisotopic (exact) mass is 289 g/mol. The van der Waals surface area contributed by atoms with Crippen molar-refractivity contribution in [2.75, 3.05) is 33.4 Å². The molecule has 4 heteroatoms. The minimum atomic E-state index is 0. The molecule has 0 saturated carbocycles. The van der Waals surface area contributed by atoms with Crippen molar-refractivity contribution in [2.45, 2.75) is 6.92 Å². The topological polar surface area (TPSA) is 17.1 Å². The molecule has 0 amide bonds. The van der Waals surface area contributed by atoms with Gasteiger partial charge < -0.3 is 28.5 Å². The van der Waals surface area contributed by atoms with Gasteiger partial charge in [-0.1, -0.05) is 11.8 Å². The van der Waals surface area contributed by atoms with Crippen LogP contribution in [0.3, 0.4) is 0 Å². The summed E-state index contributed by atoms with van der Waals surface area (Å²) in [6, 6.07) is 0. The first kappa shape index (κ1) is 14.2. The second kappa shape index (κ2) is 6.25. The molecule has 0 aliphatic rings. The molecule has 0 rings (SSSR count). The maximum absolute atomic E-state index is 10.5. The van der Waals surface area contributed by atoms with Crippen LogP contribution in [0.15, 0.2) is 0 Å². The quantitative estimate of drug-likeness (QED) is 0.441. The van der Waals surface area contributed by atoms with Crippen LogP contribution in [-0.2, 0) is 4.79 Å². The summed E-state index contributed by atoms with van der Waals surface area (Å²) in [5.41, 5.74) is 0. The molecule has 0 aromatic carbocycles. The van der Waals surface area contributed by atoms with Crippen LogP contribution in [0.1, 0.15) is 6.92 Å². The molecule has 0 fully saturated rings. The summed E-state index contributed by atoms with van der Waals surface area (Å²) in [5, 5.41) is 0.216. The van der Waals surface area contributed by atoms with Crippen LogP contribution in [0.2, 0.25) is 0 Å². The van der Waals surface area contributed by atoms with E-state index in [1.165, 1.54) is 11.8 Å². The Balaban J connectivity index is 0. The molecular formula is C7H16INOS. The SMILES string of the molecule is CC(=O)SCC[N+](C)(C)C.[I-]. The summed E-state index contributed by atoms with van der Waals surface area (Å²) >= 11 is 1.40. The Morgan fingerprint density at radius 3 is 2.09 bits per heavy atom. The van der Waals surface area contributed by atoms with E-state index >= 15 is 0 Å². The van der Waals surface area contributed by atoms with Gasteiger partial charge in [-0.05, 0) is 0 Å². The number of thioether (sulfide) groups is 1. The summed E-state index contributed by atoms with van der Waals surface area (Å²) in [7, 11) is 6.38. The number of hydrogen-bond acceptors (Lipinski definition) is 2. The first-order chi connectivity index (χ1) is 4.42. The lowest BCUT2D eigenvalue weighted by Crippen LogP contribution is -3.00. The molecule has 68 valence electrons. The fraction of sp³-hybridized carbons (Fsp3) is 0.857. The van der Waals surface area contributed by atoms with Crippen molar-refractivity contribution in [1.29, 1.82) is 0 Å². The molecule has 0 aliphatic carbocycles. The van der Waals surface area contributed by atoms with Gasteiger partial charge in [0, 0.05) is 6.92 Å². The van der Waals surface area contributed by atoms with E-state index < -0.39 is 0 Å². The van der Waals surface area contributed by atoms with Gasteiger partial charge in [0.2, 0.25) is 0 Å². The fourth-order valence-electron chi connectivity index (χ4n) is 0.463. The molecule has 0 radical (unpaired) electrons. The lowest BCUT2D eigenvalue weighted by atomic mass is 10.6. The van der Waals surface area contributed by atoms with E-state index in [1.807, 2.05) is 0 Å². The Bertz CT molecular complexity index is 122. The zero-order valence-corrected chi connectivity index (χ0v) is 10.5. The van der Waals surface area contributed by atoms with Crippen molar-refractivity contribution in [3.8, 4) is 0 Å². The van der Waals surface area contributed by atoms with Crippen LogP contribution < -0.4 is 24.0 Å². The Kier molecular flexibility index (Phi) is 8.10. The number of quaternary nitrogens is 1. The molecule has 0 saturated heterocycles. The summed E-state index contributed by atoms with van der Waals surface area (Å²) in [6.07, 6.45) is 0. The molecule has 0 aliphatic heterocycles. The summed E-state index contributed by atoms with van der Waals surface area (Å²) in [5.74, 6) is 0.929. The smallest absolute Gasteiger partial charge is 0.186 e. The van der Waals surface area contributed by atoms with Gasteiger partial charge in [-0.25, -0.2) is 0 Å². The van der Waals surface area contributed by atoms with Crippen molar-refractivity contribution in [2.24, 2.45) is 0 Å². The Morgan fingerprint density at radius 1 is 1.36 bits per heavy atom. The molecule has 0 spiro atoms. The third-order valence-electron chi connectivity index (χ3n) is 1.07. The number of rotatable bonds is 3. The number of nitrogens with zero attached hydrogens (tertiary/aromatic N) is 1. The largest absolute Gasteiger partial charge is 1.00 e. The van der Waals surface area contributed by atoms with Crippen molar-refractivity contribution < 1.29 is 33.3 Å².